The number of piperidine rings is 1. The highest BCUT2D eigenvalue weighted by atomic mass is 19.1. The molecule has 2 saturated heterocycles. The molecule has 0 saturated carbocycles. The first-order valence-corrected chi connectivity index (χ1v) is 9.45. The minimum absolute atomic E-state index is 0.183. The van der Waals surface area contributed by atoms with E-state index in [1.807, 2.05) is 13.8 Å². The largest absolute Gasteiger partial charge is 0.337 e. The van der Waals surface area contributed by atoms with E-state index in [-0.39, 0.29) is 43.8 Å². The van der Waals surface area contributed by atoms with Crippen LogP contribution in [-0.4, -0.2) is 69.2 Å². The van der Waals surface area contributed by atoms with E-state index in [0.29, 0.717) is 19.2 Å². The molecule has 9 heteroatoms. The van der Waals surface area contributed by atoms with Gasteiger partial charge in [-0.3, -0.25) is 14.5 Å². The van der Waals surface area contributed by atoms with Crippen molar-refractivity contribution in [3.63, 3.8) is 0 Å². The lowest BCUT2D eigenvalue weighted by Crippen LogP contribution is -2.58. The Bertz CT molecular complexity index is 806. The Hall–Kier alpha value is -2.58. The Morgan fingerprint density at radius 2 is 1.89 bits per heavy atom. The molecule has 0 bridgehead atoms. The van der Waals surface area contributed by atoms with Crippen molar-refractivity contribution in [2.24, 2.45) is 5.92 Å². The van der Waals surface area contributed by atoms with Gasteiger partial charge in [0.1, 0.15) is 11.4 Å². The van der Waals surface area contributed by atoms with Crippen LogP contribution in [0, 0.1) is 17.6 Å². The average molecular weight is 394 g/mol. The number of nitrogens with zero attached hydrogens (tertiary/aromatic N) is 4. The number of amides is 4. The maximum Gasteiger partial charge on any atom is 0.327 e. The lowest BCUT2D eigenvalue weighted by Gasteiger charge is -2.42. The van der Waals surface area contributed by atoms with E-state index in [9.17, 15) is 23.2 Å². The smallest absolute Gasteiger partial charge is 0.327 e. The zero-order chi connectivity index (χ0) is 20.6. The third-order valence-corrected chi connectivity index (χ3v) is 5.37. The van der Waals surface area contributed by atoms with Gasteiger partial charge in [-0.25, -0.2) is 18.6 Å². The van der Waals surface area contributed by atoms with E-state index in [1.54, 1.807) is 11.8 Å². The number of urea groups is 1. The van der Waals surface area contributed by atoms with Crippen LogP contribution < -0.4 is 0 Å². The van der Waals surface area contributed by atoms with Gasteiger partial charge in [0.25, 0.3) is 11.8 Å². The standard InChI is InChI=1S/C19H24F2N4O3/c1-4-24-17(27)19(25(18(24)28)11-12(2)3)5-7-23(8-6-19)16(26)15-14(21)9-13(20)10-22-15/h9-10,12H,4-8,11H2,1-3H3. The number of likely N-dealkylation sites (N-methyl/N-ethyl adjacent to an activating group) is 1. The molecule has 7 nitrogen and oxygen atoms in total. The summed E-state index contributed by atoms with van der Waals surface area (Å²) in [6.45, 7) is 6.81. The van der Waals surface area contributed by atoms with Crippen LogP contribution in [0.25, 0.3) is 0 Å². The molecule has 152 valence electrons. The number of hydrogen-bond acceptors (Lipinski definition) is 4. The van der Waals surface area contributed by atoms with Gasteiger partial charge in [0.15, 0.2) is 11.5 Å². The predicted octanol–water partition coefficient (Wildman–Crippen LogP) is 2.27. The fourth-order valence-corrected chi connectivity index (χ4v) is 3.96. The van der Waals surface area contributed by atoms with Crippen molar-refractivity contribution in [2.75, 3.05) is 26.2 Å². The number of aromatic nitrogens is 1. The third-order valence-electron chi connectivity index (χ3n) is 5.37. The fourth-order valence-electron chi connectivity index (χ4n) is 3.96. The van der Waals surface area contributed by atoms with Crippen LogP contribution in [0.2, 0.25) is 0 Å². The van der Waals surface area contributed by atoms with Crippen molar-refractivity contribution in [1.82, 2.24) is 19.7 Å². The van der Waals surface area contributed by atoms with Gasteiger partial charge >= 0.3 is 6.03 Å². The number of pyridine rings is 1. The minimum atomic E-state index is -1.02. The van der Waals surface area contributed by atoms with Crippen LogP contribution in [0.15, 0.2) is 12.3 Å². The fraction of sp³-hybridized carbons (Fsp3) is 0.579. The molecule has 0 N–H and O–H groups in total. The quantitative estimate of drug-likeness (QED) is 0.735. The zero-order valence-electron chi connectivity index (χ0n) is 16.2. The van der Waals surface area contributed by atoms with Crippen molar-refractivity contribution in [2.45, 2.75) is 39.2 Å². The van der Waals surface area contributed by atoms with Gasteiger partial charge in [0.2, 0.25) is 0 Å². The van der Waals surface area contributed by atoms with E-state index >= 15 is 0 Å². The van der Waals surface area contributed by atoms with Crippen LogP contribution in [-0.2, 0) is 4.79 Å². The first-order valence-electron chi connectivity index (χ1n) is 9.45. The highest BCUT2D eigenvalue weighted by Crippen LogP contribution is 2.38. The van der Waals surface area contributed by atoms with E-state index in [0.717, 1.165) is 6.20 Å². The van der Waals surface area contributed by atoms with E-state index in [4.69, 9.17) is 0 Å². The molecular weight excluding hydrogens is 370 g/mol. The second-order valence-corrected chi connectivity index (χ2v) is 7.64. The van der Waals surface area contributed by atoms with Gasteiger partial charge in [-0.05, 0) is 25.7 Å². The number of hydrogen-bond donors (Lipinski definition) is 0. The average Bonchev–Trinajstić information content (AvgIpc) is 2.83. The maximum absolute atomic E-state index is 13.9. The highest BCUT2D eigenvalue weighted by Gasteiger charge is 2.57. The summed E-state index contributed by atoms with van der Waals surface area (Å²) in [5, 5.41) is 0. The first kappa shape index (κ1) is 20.2. The minimum Gasteiger partial charge on any atom is -0.337 e. The number of imide groups is 1. The summed E-state index contributed by atoms with van der Waals surface area (Å²) in [6.07, 6.45) is 1.34. The van der Waals surface area contributed by atoms with Gasteiger partial charge in [-0.2, -0.15) is 0 Å². The molecule has 4 amide bonds. The molecule has 3 heterocycles. The second kappa shape index (κ2) is 7.44. The summed E-state index contributed by atoms with van der Waals surface area (Å²) < 4.78 is 26.9. The van der Waals surface area contributed by atoms with Crippen molar-refractivity contribution in [3.8, 4) is 0 Å². The highest BCUT2D eigenvalue weighted by molar-refractivity contribution is 6.07. The Labute approximate surface area is 162 Å². The number of carbonyl (C=O) groups excluding carboxylic acids is 3. The number of halogens is 2. The van der Waals surface area contributed by atoms with Crippen molar-refractivity contribution in [3.05, 3.63) is 29.6 Å². The monoisotopic (exact) mass is 394 g/mol. The first-order chi connectivity index (χ1) is 13.2. The Morgan fingerprint density at radius 1 is 1.25 bits per heavy atom. The molecule has 2 aliphatic rings. The lowest BCUT2D eigenvalue weighted by atomic mass is 9.85. The molecule has 0 unspecified atom stereocenters. The molecule has 0 atom stereocenters. The summed E-state index contributed by atoms with van der Waals surface area (Å²) in [5.41, 5.74) is -1.41. The molecule has 3 rings (SSSR count). The normalized spacial score (nSPS) is 19.3. The molecule has 0 aromatic carbocycles. The molecular formula is C19H24F2N4O3. The molecule has 0 radical (unpaired) electrons. The summed E-state index contributed by atoms with van der Waals surface area (Å²) in [7, 11) is 0. The Morgan fingerprint density at radius 3 is 2.43 bits per heavy atom. The molecule has 2 aliphatic heterocycles. The number of rotatable bonds is 4. The third kappa shape index (κ3) is 3.22. The summed E-state index contributed by atoms with van der Waals surface area (Å²) in [4.78, 5) is 46.2. The summed E-state index contributed by atoms with van der Waals surface area (Å²) in [6, 6.07) is 0.321. The van der Waals surface area contributed by atoms with Crippen molar-refractivity contribution < 1.29 is 23.2 Å². The predicted molar refractivity (Wildman–Crippen MR) is 96.3 cm³/mol. The van der Waals surface area contributed by atoms with Gasteiger partial charge in [-0.1, -0.05) is 13.8 Å². The molecule has 28 heavy (non-hydrogen) atoms. The number of carbonyl (C=O) groups is 3. The second-order valence-electron chi connectivity index (χ2n) is 7.64. The van der Waals surface area contributed by atoms with Gasteiger partial charge in [-0.15, -0.1) is 0 Å². The Kier molecular flexibility index (Phi) is 5.36. The van der Waals surface area contributed by atoms with Crippen LogP contribution in [0.4, 0.5) is 13.6 Å². The molecule has 1 aromatic rings. The van der Waals surface area contributed by atoms with Crippen LogP contribution >= 0.6 is 0 Å². The SMILES string of the molecule is CCN1C(=O)N(CC(C)C)C2(CCN(C(=O)c3ncc(F)cc3F)CC2)C1=O. The van der Waals surface area contributed by atoms with Gasteiger partial charge in [0.05, 0.1) is 6.20 Å². The molecule has 1 aromatic heterocycles. The van der Waals surface area contributed by atoms with E-state index in [2.05, 4.69) is 4.98 Å². The van der Waals surface area contributed by atoms with Gasteiger partial charge < -0.3 is 9.80 Å². The lowest BCUT2D eigenvalue weighted by molar-refractivity contribution is -0.135. The summed E-state index contributed by atoms with van der Waals surface area (Å²) in [5.74, 6) is -2.57. The van der Waals surface area contributed by atoms with Gasteiger partial charge in [0, 0.05) is 32.2 Å². The molecule has 2 fully saturated rings. The van der Waals surface area contributed by atoms with Crippen LogP contribution in [0.1, 0.15) is 44.1 Å². The van der Waals surface area contributed by atoms with Crippen LogP contribution in [0.5, 0.6) is 0 Å². The van der Waals surface area contributed by atoms with Crippen LogP contribution in [0.3, 0.4) is 0 Å². The van der Waals surface area contributed by atoms with E-state index in [1.165, 1.54) is 9.80 Å². The molecule has 0 aliphatic carbocycles. The van der Waals surface area contributed by atoms with Crippen molar-refractivity contribution in [1.29, 1.82) is 0 Å². The number of likely N-dealkylation sites (tertiary alicyclic amines) is 1. The Balaban J connectivity index is 1.81. The summed E-state index contributed by atoms with van der Waals surface area (Å²) >= 11 is 0. The zero-order valence-corrected chi connectivity index (χ0v) is 16.2. The van der Waals surface area contributed by atoms with Crippen molar-refractivity contribution >= 4 is 17.8 Å². The van der Waals surface area contributed by atoms with E-state index < -0.39 is 28.8 Å². The maximum atomic E-state index is 13.9. The topological polar surface area (TPSA) is 73.8 Å². The molecule has 1 spiro atoms.